The van der Waals surface area contributed by atoms with Crippen molar-refractivity contribution >= 4 is 27.8 Å². The molecule has 2 heterocycles. The lowest BCUT2D eigenvalue weighted by Crippen LogP contribution is -2.24. The van der Waals surface area contributed by atoms with E-state index in [0.717, 1.165) is 5.39 Å². The van der Waals surface area contributed by atoms with Crippen LogP contribution < -0.4 is 11.2 Å². The van der Waals surface area contributed by atoms with Crippen LogP contribution in [-0.4, -0.2) is 22.1 Å². The Morgan fingerprint density at radius 1 is 0.971 bits per heavy atom. The Bertz CT molecular complexity index is 1670. The number of aromatic nitrogens is 2. The molecule has 0 fully saturated rings. The van der Waals surface area contributed by atoms with Gasteiger partial charge < -0.3 is 9.15 Å². The highest BCUT2D eigenvalue weighted by molar-refractivity contribution is 5.90. The molecule has 0 spiro atoms. The summed E-state index contributed by atoms with van der Waals surface area (Å²) in [7, 11) is 0. The molecule has 5 aromatic rings. The summed E-state index contributed by atoms with van der Waals surface area (Å²) >= 11 is 0. The highest BCUT2D eigenvalue weighted by Gasteiger charge is 2.12. The van der Waals surface area contributed by atoms with Crippen molar-refractivity contribution in [2.75, 3.05) is 6.61 Å². The number of fused-ring (bicyclic) bond motifs is 2. The minimum absolute atomic E-state index is 0.104. The van der Waals surface area contributed by atoms with E-state index in [1.165, 1.54) is 0 Å². The summed E-state index contributed by atoms with van der Waals surface area (Å²) in [6.07, 6.45) is 0.475. The van der Waals surface area contributed by atoms with Gasteiger partial charge in [0, 0.05) is 11.9 Å². The maximum Gasteiger partial charge on any atom is 0.344 e. The molecule has 7 heteroatoms. The van der Waals surface area contributed by atoms with Crippen molar-refractivity contribution in [1.82, 2.24) is 9.55 Å². The van der Waals surface area contributed by atoms with Gasteiger partial charge in [-0.2, -0.15) is 0 Å². The first-order valence-corrected chi connectivity index (χ1v) is 11.3. The average molecular weight is 466 g/mol. The number of aryl methyl sites for hydroxylation is 1. The van der Waals surface area contributed by atoms with Gasteiger partial charge in [-0.1, -0.05) is 42.5 Å². The number of carbonyl (C=O) groups excluding carboxylic acids is 1. The quantitative estimate of drug-likeness (QED) is 0.204. The van der Waals surface area contributed by atoms with E-state index in [2.05, 4.69) is 4.98 Å². The Morgan fingerprint density at radius 2 is 1.71 bits per heavy atom. The molecule has 174 valence electrons. The van der Waals surface area contributed by atoms with E-state index in [4.69, 9.17) is 9.15 Å². The fourth-order valence-electron chi connectivity index (χ4n) is 4.06. The number of carbonyl (C=O) groups is 1. The highest BCUT2D eigenvalue weighted by Crippen LogP contribution is 2.21. The molecule has 0 bridgehead atoms. The van der Waals surface area contributed by atoms with E-state index in [1.807, 2.05) is 36.4 Å². The van der Waals surface area contributed by atoms with Crippen molar-refractivity contribution in [3.63, 3.8) is 0 Å². The Balaban J connectivity index is 1.23. The lowest BCUT2D eigenvalue weighted by atomic mass is 10.0. The summed E-state index contributed by atoms with van der Waals surface area (Å²) in [5.74, 6) is 0.150. The van der Waals surface area contributed by atoms with Gasteiger partial charge in [0.2, 0.25) is 0 Å². The Labute approximate surface area is 200 Å². The van der Waals surface area contributed by atoms with Gasteiger partial charge in [0.15, 0.2) is 0 Å². The number of hydrogen-bond donors (Lipinski definition) is 0. The molecule has 7 nitrogen and oxygen atoms in total. The summed E-state index contributed by atoms with van der Waals surface area (Å²) in [4.78, 5) is 42.1. The molecule has 0 saturated carbocycles. The van der Waals surface area contributed by atoms with Gasteiger partial charge in [-0.25, -0.2) is 14.6 Å². The Morgan fingerprint density at radius 3 is 2.54 bits per heavy atom. The fraction of sp³-hybridized carbons (Fsp3) is 0.143. The molecule has 35 heavy (non-hydrogen) atoms. The topological polar surface area (TPSA) is 91.4 Å². The predicted octanol–water partition coefficient (Wildman–Crippen LogP) is 4.73. The summed E-state index contributed by atoms with van der Waals surface area (Å²) < 4.78 is 12.4. The number of ether oxygens (including phenoxy) is 1. The lowest BCUT2D eigenvalue weighted by Gasteiger charge is -2.11. The zero-order valence-corrected chi connectivity index (χ0v) is 19.1. The van der Waals surface area contributed by atoms with Gasteiger partial charge in [-0.15, -0.1) is 0 Å². The van der Waals surface area contributed by atoms with Gasteiger partial charge in [-0.3, -0.25) is 9.36 Å². The third kappa shape index (κ3) is 4.48. The maximum atomic E-state index is 12.7. The van der Waals surface area contributed by atoms with Gasteiger partial charge in [0.05, 0.1) is 28.6 Å². The minimum Gasteiger partial charge on any atom is -0.462 e. The average Bonchev–Trinajstić information content (AvgIpc) is 2.87. The highest BCUT2D eigenvalue weighted by atomic mass is 16.5. The summed E-state index contributed by atoms with van der Waals surface area (Å²) in [5.41, 5.74) is 2.11. The smallest absolute Gasteiger partial charge is 0.344 e. The molecule has 0 aliphatic heterocycles. The summed E-state index contributed by atoms with van der Waals surface area (Å²) in [6, 6.07) is 22.9. The molecule has 5 rings (SSSR count). The van der Waals surface area contributed by atoms with Crippen molar-refractivity contribution in [1.29, 1.82) is 0 Å². The van der Waals surface area contributed by atoms with Crippen LogP contribution in [0.2, 0.25) is 0 Å². The Kier molecular flexibility index (Phi) is 5.97. The molecule has 0 N–H and O–H groups in total. The predicted molar refractivity (Wildman–Crippen MR) is 134 cm³/mol. The largest absolute Gasteiger partial charge is 0.462 e. The van der Waals surface area contributed by atoms with E-state index in [9.17, 15) is 14.4 Å². The molecule has 2 aromatic heterocycles. The molecule has 0 aliphatic carbocycles. The summed E-state index contributed by atoms with van der Waals surface area (Å²) in [5, 5.41) is 1.39. The zero-order chi connectivity index (χ0) is 24.4. The van der Waals surface area contributed by atoms with Crippen LogP contribution >= 0.6 is 0 Å². The van der Waals surface area contributed by atoms with Crippen LogP contribution in [0.5, 0.6) is 0 Å². The van der Waals surface area contributed by atoms with Crippen LogP contribution in [0.1, 0.15) is 22.6 Å². The van der Waals surface area contributed by atoms with Crippen molar-refractivity contribution in [2.24, 2.45) is 0 Å². The lowest BCUT2D eigenvalue weighted by molar-refractivity contribution is 0.0495. The van der Waals surface area contributed by atoms with E-state index in [0.29, 0.717) is 52.0 Å². The third-order valence-electron chi connectivity index (χ3n) is 5.88. The second-order valence-electron chi connectivity index (χ2n) is 8.19. The second-order valence-corrected chi connectivity index (χ2v) is 8.19. The first-order chi connectivity index (χ1) is 17.0. The standard InChI is InChI=1S/C28H22N2O5/c1-18-29-24-9-4-3-8-22(24)26(31)30(18)15-6-16-34-27(32)20-13-11-19(12-14-20)23-17-21-7-2-5-10-25(21)35-28(23)33/h2-5,7-14,17H,6,15-16H2,1H3. The maximum absolute atomic E-state index is 12.7. The van der Waals surface area contributed by atoms with E-state index in [1.54, 1.807) is 54.0 Å². The van der Waals surface area contributed by atoms with Crippen molar-refractivity contribution in [3.8, 4) is 11.1 Å². The Hall–Kier alpha value is -4.52. The van der Waals surface area contributed by atoms with Crippen molar-refractivity contribution in [3.05, 3.63) is 111 Å². The molecule has 0 unspecified atom stereocenters. The normalized spacial score (nSPS) is 11.1. The molecule has 0 saturated heterocycles. The SMILES string of the molecule is Cc1nc2ccccc2c(=O)n1CCCOC(=O)c1ccc(-c2cc3ccccc3oc2=O)cc1. The van der Waals surface area contributed by atoms with Crippen LogP contribution in [-0.2, 0) is 11.3 Å². The number of rotatable bonds is 6. The van der Waals surface area contributed by atoms with Crippen LogP contribution in [0.15, 0.2) is 92.9 Å². The summed E-state index contributed by atoms with van der Waals surface area (Å²) in [6.45, 7) is 2.34. The van der Waals surface area contributed by atoms with Crippen molar-refractivity contribution < 1.29 is 13.9 Å². The monoisotopic (exact) mass is 466 g/mol. The first-order valence-electron chi connectivity index (χ1n) is 11.3. The van der Waals surface area contributed by atoms with Gasteiger partial charge >= 0.3 is 11.6 Å². The molecule has 0 radical (unpaired) electrons. The fourth-order valence-corrected chi connectivity index (χ4v) is 4.06. The van der Waals surface area contributed by atoms with E-state index < -0.39 is 11.6 Å². The number of para-hydroxylation sites is 2. The number of esters is 1. The van der Waals surface area contributed by atoms with Crippen LogP contribution in [0, 0.1) is 6.92 Å². The second kappa shape index (κ2) is 9.38. The van der Waals surface area contributed by atoms with Crippen molar-refractivity contribution in [2.45, 2.75) is 19.9 Å². The van der Waals surface area contributed by atoms with Gasteiger partial charge in [-0.05, 0) is 55.3 Å². The van der Waals surface area contributed by atoms with Crippen LogP contribution in [0.3, 0.4) is 0 Å². The van der Waals surface area contributed by atoms with Crippen LogP contribution in [0.25, 0.3) is 33.0 Å². The third-order valence-corrected chi connectivity index (χ3v) is 5.88. The number of hydrogen-bond acceptors (Lipinski definition) is 6. The minimum atomic E-state index is -0.470. The molecular formula is C28H22N2O5. The van der Waals surface area contributed by atoms with Crippen LogP contribution in [0.4, 0.5) is 0 Å². The van der Waals surface area contributed by atoms with E-state index in [-0.39, 0.29) is 12.2 Å². The number of nitrogens with zero attached hydrogens (tertiary/aromatic N) is 2. The molecule has 3 aromatic carbocycles. The molecular weight excluding hydrogens is 444 g/mol. The van der Waals surface area contributed by atoms with E-state index >= 15 is 0 Å². The number of benzene rings is 3. The van der Waals surface area contributed by atoms with Gasteiger partial charge in [0.1, 0.15) is 11.4 Å². The zero-order valence-electron chi connectivity index (χ0n) is 19.1. The molecule has 0 aliphatic rings. The molecule has 0 atom stereocenters. The molecule has 0 amide bonds. The van der Waals surface area contributed by atoms with Gasteiger partial charge in [0.25, 0.3) is 5.56 Å². The first kappa shape index (κ1) is 22.3.